The van der Waals surface area contributed by atoms with Gasteiger partial charge in [0.05, 0.1) is 6.33 Å². The van der Waals surface area contributed by atoms with Gasteiger partial charge in [0.1, 0.15) is 0 Å². The Kier molecular flexibility index (Phi) is 5.71. The number of benzene rings is 1. The molecular weight excluding hydrogens is 340 g/mol. The van der Waals surface area contributed by atoms with Gasteiger partial charge in [0.15, 0.2) is 0 Å². The maximum absolute atomic E-state index is 12.5. The summed E-state index contributed by atoms with van der Waals surface area (Å²) in [4.78, 5) is 32.4. The van der Waals surface area contributed by atoms with Crippen LogP contribution in [0.15, 0.2) is 43.0 Å². The first-order valence-electron chi connectivity index (χ1n) is 8.42. The van der Waals surface area contributed by atoms with Gasteiger partial charge >= 0.3 is 0 Å². The van der Waals surface area contributed by atoms with E-state index in [1.165, 1.54) is 0 Å². The SMILES string of the molecule is O=C(CCCn1ccnc1)N1CCN(C(=O)c2ccc(Cl)cc2)CC1. The van der Waals surface area contributed by atoms with Crippen LogP contribution in [0.5, 0.6) is 0 Å². The van der Waals surface area contributed by atoms with Gasteiger partial charge in [-0.15, -0.1) is 0 Å². The maximum atomic E-state index is 12.5. The summed E-state index contributed by atoms with van der Waals surface area (Å²) in [5.41, 5.74) is 0.629. The molecule has 0 radical (unpaired) electrons. The van der Waals surface area contributed by atoms with E-state index < -0.39 is 0 Å². The van der Waals surface area contributed by atoms with Gasteiger partial charge in [0.2, 0.25) is 5.91 Å². The normalized spacial score (nSPS) is 14.6. The number of carbonyl (C=O) groups excluding carboxylic acids is 2. The lowest BCUT2D eigenvalue weighted by Gasteiger charge is -2.35. The van der Waals surface area contributed by atoms with Crippen LogP contribution >= 0.6 is 11.6 Å². The van der Waals surface area contributed by atoms with Crippen LogP contribution in [0.25, 0.3) is 0 Å². The van der Waals surface area contributed by atoms with Crippen molar-refractivity contribution in [2.45, 2.75) is 19.4 Å². The van der Waals surface area contributed by atoms with Crippen molar-refractivity contribution in [1.29, 1.82) is 0 Å². The molecule has 0 atom stereocenters. The Hall–Kier alpha value is -2.34. The quantitative estimate of drug-likeness (QED) is 0.822. The smallest absolute Gasteiger partial charge is 0.253 e. The van der Waals surface area contributed by atoms with Crippen molar-refractivity contribution in [3.05, 3.63) is 53.6 Å². The fourth-order valence-electron chi connectivity index (χ4n) is 2.92. The number of carbonyl (C=O) groups is 2. The zero-order valence-electron chi connectivity index (χ0n) is 14.0. The summed E-state index contributed by atoms with van der Waals surface area (Å²) < 4.78 is 1.97. The second-order valence-electron chi connectivity index (χ2n) is 6.08. The number of aromatic nitrogens is 2. The molecule has 1 aliphatic heterocycles. The van der Waals surface area contributed by atoms with Gasteiger partial charge in [-0.2, -0.15) is 0 Å². The molecule has 0 N–H and O–H groups in total. The number of amides is 2. The third kappa shape index (κ3) is 4.60. The van der Waals surface area contributed by atoms with Gasteiger partial charge in [-0.05, 0) is 30.7 Å². The van der Waals surface area contributed by atoms with Crippen LogP contribution in [-0.2, 0) is 11.3 Å². The van der Waals surface area contributed by atoms with Crippen LogP contribution in [-0.4, -0.2) is 57.3 Å². The van der Waals surface area contributed by atoms with E-state index in [2.05, 4.69) is 4.98 Å². The highest BCUT2D eigenvalue weighted by Gasteiger charge is 2.24. The number of hydrogen-bond donors (Lipinski definition) is 0. The molecule has 0 unspecified atom stereocenters. The van der Waals surface area contributed by atoms with Crippen LogP contribution in [0.1, 0.15) is 23.2 Å². The predicted molar refractivity (Wildman–Crippen MR) is 95.4 cm³/mol. The average Bonchev–Trinajstić information content (AvgIpc) is 3.15. The standard InChI is InChI=1S/C18H21ClN4O2/c19-16-5-3-15(4-6-16)18(25)23-12-10-22(11-13-23)17(24)2-1-8-21-9-7-20-14-21/h3-7,9,14H,1-2,8,10-13H2. The third-order valence-corrected chi connectivity index (χ3v) is 4.63. The van der Waals surface area contributed by atoms with E-state index >= 15 is 0 Å². The van der Waals surface area contributed by atoms with Crippen LogP contribution < -0.4 is 0 Å². The Balaban J connectivity index is 1.43. The van der Waals surface area contributed by atoms with Crippen molar-refractivity contribution in [2.24, 2.45) is 0 Å². The lowest BCUT2D eigenvalue weighted by atomic mass is 10.1. The van der Waals surface area contributed by atoms with Crippen LogP contribution in [0.4, 0.5) is 0 Å². The van der Waals surface area contributed by atoms with Crippen molar-refractivity contribution < 1.29 is 9.59 Å². The van der Waals surface area contributed by atoms with Crippen molar-refractivity contribution >= 4 is 23.4 Å². The Labute approximate surface area is 152 Å². The first-order valence-corrected chi connectivity index (χ1v) is 8.79. The molecule has 2 heterocycles. The maximum Gasteiger partial charge on any atom is 0.253 e. The summed E-state index contributed by atoms with van der Waals surface area (Å²) >= 11 is 5.86. The van der Waals surface area contributed by atoms with Gasteiger partial charge in [-0.1, -0.05) is 11.6 Å². The molecule has 0 aliphatic carbocycles. The van der Waals surface area contributed by atoms with E-state index in [9.17, 15) is 9.59 Å². The van der Waals surface area contributed by atoms with E-state index in [-0.39, 0.29) is 11.8 Å². The molecule has 2 aromatic rings. The Bertz CT molecular complexity index is 707. The van der Waals surface area contributed by atoms with Crippen molar-refractivity contribution in [2.75, 3.05) is 26.2 Å². The molecule has 2 amide bonds. The number of nitrogens with zero attached hydrogens (tertiary/aromatic N) is 4. The van der Waals surface area contributed by atoms with E-state index in [0.717, 1.165) is 13.0 Å². The molecule has 132 valence electrons. The summed E-state index contributed by atoms with van der Waals surface area (Å²) in [5.74, 6) is 0.141. The second kappa shape index (κ2) is 8.16. The van der Waals surface area contributed by atoms with Gasteiger partial charge in [-0.3, -0.25) is 9.59 Å². The van der Waals surface area contributed by atoms with Gasteiger partial charge in [0.25, 0.3) is 5.91 Å². The van der Waals surface area contributed by atoms with Crippen LogP contribution in [0, 0.1) is 0 Å². The van der Waals surface area contributed by atoms with E-state index in [4.69, 9.17) is 11.6 Å². The lowest BCUT2D eigenvalue weighted by molar-refractivity contribution is -0.132. The Morgan fingerprint density at radius 2 is 1.72 bits per heavy atom. The van der Waals surface area contributed by atoms with Crippen molar-refractivity contribution in [1.82, 2.24) is 19.4 Å². The summed E-state index contributed by atoms with van der Waals surface area (Å²) in [5, 5.41) is 0.614. The van der Waals surface area contributed by atoms with Gasteiger partial charge in [-0.25, -0.2) is 4.98 Å². The minimum Gasteiger partial charge on any atom is -0.339 e. The molecule has 0 spiro atoms. The third-order valence-electron chi connectivity index (χ3n) is 4.38. The summed E-state index contributed by atoms with van der Waals surface area (Å²) in [6.45, 7) is 3.09. The summed E-state index contributed by atoms with van der Waals surface area (Å²) in [6.07, 6.45) is 6.69. The molecule has 3 rings (SSSR count). The highest BCUT2D eigenvalue weighted by Crippen LogP contribution is 2.13. The molecular formula is C18H21ClN4O2. The number of rotatable bonds is 5. The molecule has 0 bridgehead atoms. The highest BCUT2D eigenvalue weighted by molar-refractivity contribution is 6.30. The monoisotopic (exact) mass is 360 g/mol. The van der Waals surface area contributed by atoms with Gasteiger partial charge in [0, 0.05) is 62.1 Å². The number of aryl methyl sites for hydroxylation is 1. The minimum absolute atomic E-state index is 0.0103. The molecule has 1 aromatic carbocycles. The Morgan fingerprint density at radius 1 is 1.04 bits per heavy atom. The first kappa shape index (κ1) is 17.5. The fraction of sp³-hybridized carbons (Fsp3) is 0.389. The molecule has 25 heavy (non-hydrogen) atoms. The Morgan fingerprint density at radius 3 is 2.36 bits per heavy atom. The predicted octanol–water partition coefficient (Wildman–Crippen LogP) is 2.30. The van der Waals surface area contributed by atoms with Gasteiger partial charge < -0.3 is 14.4 Å². The van der Waals surface area contributed by atoms with Crippen molar-refractivity contribution in [3.63, 3.8) is 0 Å². The fourth-order valence-corrected chi connectivity index (χ4v) is 3.05. The zero-order valence-corrected chi connectivity index (χ0v) is 14.7. The van der Waals surface area contributed by atoms with E-state index in [0.29, 0.717) is 43.2 Å². The second-order valence-corrected chi connectivity index (χ2v) is 6.52. The highest BCUT2D eigenvalue weighted by atomic mass is 35.5. The van der Waals surface area contributed by atoms with Crippen LogP contribution in [0.2, 0.25) is 5.02 Å². The molecule has 1 fully saturated rings. The summed E-state index contributed by atoms with van der Waals surface area (Å²) in [7, 11) is 0. The zero-order chi connectivity index (χ0) is 17.6. The lowest BCUT2D eigenvalue weighted by Crippen LogP contribution is -2.50. The number of piperazine rings is 1. The molecule has 6 nitrogen and oxygen atoms in total. The molecule has 7 heteroatoms. The topological polar surface area (TPSA) is 58.4 Å². The molecule has 1 aromatic heterocycles. The van der Waals surface area contributed by atoms with E-state index in [1.807, 2.05) is 15.7 Å². The van der Waals surface area contributed by atoms with E-state index in [1.54, 1.807) is 41.7 Å². The first-order chi connectivity index (χ1) is 12.1. The molecule has 0 saturated carbocycles. The molecule has 1 saturated heterocycles. The summed E-state index contributed by atoms with van der Waals surface area (Å²) in [6, 6.07) is 6.90. The number of halogens is 1. The number of imidazole rings is 1. The number of hydrogen-bond acceptors (Lipinski definition) is 3. The molecule has 1 aliphatic rings. The minimum atomic E-state index is -0.0103. The largest absolute Gasteiger partial charge is 0.339 e. The van der Waals surface area contributed by atoms with Crippen molar-refractivity contribution in [3.8, 4) is 0 Å². The van der Waals surface area contributed by atoms with Crippen LogP contribution in [0.3, 0.4) is 0 Å². The average molecular weight is 361 g/mol.